The number of anilines is 2. The van der Waals surface area contributed by atoms with Crippen LogP contribution in [-0.2, 0) is 16.1 Å². The fraction of sp³-hybridized carbons (Fsp3) is 0.143. The summed E-state index contributed by atoms with van der Waals surface area (Å²) in [5.74, 6) is -0.166. The minimum Gasteiger partial charge on any atom is -0.465 e. The summed E-state index contributed by atoms with van der Waals surface area (Å²) in [4.78, 5) is 23.5. The molecule has 154 valence electrons. The van der Waals surface area contributed by atoms with Gasteiger partial charge in [0.1, 0.15) is 16.7 Å². The Balaban J connectivity index is 1.44. The number of esters is 1. The van der Waals surface area contributed by atoms with Crippen LogP contribution in [0.15, 0.2) is 65.7 Å². The van der Waals surface area contributed by atoms with Crippen LogP contribution in [0.1, 0.15) is 15.9 Å². The summed E-state index contributed by atoms with van der Waals surface area (Å²) in [6, 6.07) is 16.2. The number of carbonyl (C=O) groups excluding carboxylic acids is 2. The van der Waals surface area contributed by atoms with Gasteiger partial charge in [-0.3, -0.25) is 4.79 Å². The minimum absolute atomic E-state index is 0.162. The Bertz CT molecular complexity index is 996. The molecule has 0 atom stereocenters. The second kappa shape index (κ2) is 10.4. The molecule has 0 aliphatic heterocycles. The van der Waals surface area contributed by atoms with E-state index in [0.717, 1.165) is 5.56 Å². The molecule has 0 aliphatic rings. The van der Waals surface area contributed by atoms with E-state index in [9.17, 15) is 14.0 Å². The molecule has 0 fully saturated rings. The number of carbonyl (C=O) groups is 2. The molecule has 7 nitrogen and oxygen atoms in total. The number of thioether (sulfide) groups is 1. The molecule has 0 spiro atoms. The van der Waals surface area contributed by atoms with Gasteiger partial charge in [-0.05, 0) is 54.1 Å². The fourth-order valence-corrected chi connectivity index (χ4v) is 3.04. The first-order valence-electron chi connectivity index (χ1n) is 8.96. The van der Waals surface area contributed by atoms with Crippen LogP contribution in [0.3, 0.4) is 0 Å². The standard InChI is InChI=1S/C21H19FN4O3S/c1-29-21(28)15-4-8-17(9-5-15)24-19(27)13-30-20-11-10-18(25-26-20)23-12-14-2-6-16(22)7-3-14/h2-11H,12-13H2,1H3,(H,23,25)(H,24,27). The topological polar surface area (TPSA) is 93.2 Å². The lowest BCUT2D eigenvalue weighted by Crippen LogP contribution is -2.14. The van der Waals surface area contributed by atoms with Crippen LogP contribution < -0.4 is 10.6 Å². The number of hydrogen-bond acceptors (Lipinski definition) is 7. The molecule has 2 N–H and O–H groups in total. The highest BCUT2D eigenvalue weighted by molar-refractivity contribution is 7.99. The third-order valence-electron chi connectivity index (χ3n) is 3.97. The Morgan fingerprint density at radius 2 is 1.73 bits per heavy atom. The molecule has 0 bridgehead atoms. The van der Waals surface area contributed by atoms with Crippen molar-refractivity contribution in [2.75, 3.05) is 23.5 Å². The van der Waals surface area contributed by atoms with E-state index in [4.69, 9.17) is 0 Å². The number of halogens is 1. The number of nitrogens with one attached hydrogen (secondary N) is 2. The van der Waals surface area contributed by atoms with E-state index in [-0.39, 0.29) is 17.5 Å². The first-order valence-corrected chi connectivity index (χ1v) is 9.95. The maximum atomic E-state index is 12.9. The molecule has 9 heteroatoms. The molecule has 1 heterocycles. The third kappa shape index (κ3) is 6.28. The molecule has 1 amide bonds. The summed E-state index contributed by atoms with van der Waals surface area (Å²) in [6.07, 6.45) is 0. The van der Waals surface area contributed by atoms with E-state index in [0.29, 0.717) is 28.6 Å². The second-order valence-electron chi connectivity index (χ2n) is 6.14. The smallest absolute Gasteiger partial charge is 0.337 e. The first-order chi connectivity index (χ1) is 14.5. The normalized spacial score (nSPS) is 10.3. The van der Waals surface area contributed by atoms with Crippen LogP contribution in [0.2, 0.25) is 0 Å². The average Bonchev–Trinajstić information content (AvgIpc) is 2.78. The number of hydrogen-bond donors (Lipinski definition) is 2. The van der Waals surface area contributed by atoms with E-state index in [2.05, 4.69) is 25.6 Å². The van der Waals surface area contributed by atoms with Crippen molar-refractivity contribution in [3.8, 4) is 0 Å². The zero-order valence-electron chi connectivity index (χ0n) is 16.1. The Labute approximate surface area is 177 Å². The molecule has 2 aromatic carbocycles. The van der Waals surface area contributed by atoms with Crippen LogP contribution >= 0.6 is 11.8 Å². The van der Waals surface area contributed by atoms with Crippen molar-refractivity contribution >= 4 is 35.1 Å². The van der Waals surface area contributed by atoms with Crippen molar-refractivity contribution < 1.29 is 18.7 Å². The molecule has 0 aliphatic carbocycles. The van der Waals surface area contributed by atoms with Crippen LogP contribution in [0, 0.1) is 5.82 Å². The van der Waals surface area contributed by atoms with Gasteiger partial charge in [-0.1, -0.05) is 23.9 Å². The zero-order chi connectivity index (χ0) is 21.3. The van der Waals surface area contributed by atoms with Gasteiger partial charge in [0.2, 0.25) is 5.91 Å². The summed E-state index contributed by atoms with van der Waals surface area (Å²) in [7, 11) is 1.31. The molecular formula is C21H19FN4O3S. The largest absolute Gasteiger partial charge is 0.465 e. The molecule has 0 saturated carbocycles. The molecule has 3 rings (SSSR count). The minimum atomic E-state index is -0.433. The van der Waals surface area contributed by atoms with Gasteiger partial charge >= 0.3 is 5.97 Å². The van der Waals surface area contributed by atoms with Crippen molar-refractivity contribution in [1.29, 1.82) is 0 Å². The zero-order valence-corrected chi connectivity index (χ0v) is 16.9. The van der Waals surface area contributed by atoms with Crippen LogP contribution in [0.25, 0.3) is 0 Å². The van der Waals surface area contributed by atoms with Gasteiger partial charge in [0.25, 0.3) is 0 Å². The van der Waals surface area contributed by atoms with E-state index in [1.165, 1.54) is 31.0 Å². The number of methoxy groups -OCH3 is 1. The van der Waals surface area contributed by atoms with Gasteiger partial charge in [-0.15, -0.1) is 10.2 Å². The van der Waals surface area contributed by atoms with E-state index < -0.39 is 5.97 Å². The van der Waals surface area contributed by atoms with E-state index in [1.54, 1.807) is 48.5 Å². The summed E-state index contributed by atoms with van der Waals surface area (Å²) < 4.78 is 17.5. The Morgan fingerprint density at radius 1 is 1.00 bits per heavy atom. The number of benzene rings is 2. The molecular weight excluding hydrogens is 407 g/mol. The highest BCUT2D eigenvalue weighted by atomic mass is 32.2. The van der Waals surface area contributed by atoms with Gasteiger partial charge in [-0.25, -0.2) is 9.18 Å². The van der Waals surface area contributed by atoms with Crippen molar-refractivity contribution in [2.45, 2.75) is 11.6 Å². The van der Waals surface area contributed by atoms with Crippen LogP contribution in [0.4, 0.5) is 15.9 Å². The highest BCUT2D eigenvalue weighted by Gasteiger charge is 2.08. The second-order valence-corrected chi connectivity index (χ2v) is 7.14. The van der Waals surface area contributed by atoms with Gasteiger partial charge in [0.15, 0.2) is 0 Å². The van der Waals surface area contributed by atoms with Crippen LogP contribution in [-0.4, -0.2) is 34.9 Å². The van der Waals surface area contributed by atoms with Crippen LogP contribution in [0.5, 0.6) is 0 Å². The van der Waals surface area contributed by atoms with Crippen molar-refractivity contribution in [1.82, 2.24) is 10.2 Å². The lowest BCUT2D eigenvalue weighted by molar-refractivity contribution is -0.113. The Hall–Kier alpha value is -3.46. The molecule has 0 saturated heterocycles. The lowest BCUT2D eigenvalue weighted by atomic mass is 10.2. The first kappa shape index (κ1) is 21.3. The number of aromatic nitrogens is 2. The lowest BCUT2D eigenvalue weighted by Gasteiger charge is -2.07. The van der Waals surface area contributed by atoms with E-state index in [1.807, 2.05) is 0 Å². The summed E-state index contributed by atoms with van der Waals surface area (Å²) >= 11 is 1.26. The predicted molar refractivity (Wildman–Crippen MR) is 113 cm³/mol. The van der Waals surface area contributed by atoms with Crippen molar-refractivity contribution in [3.63, 3.8) is 0 Å². The molecule has 3 aromatic rings. The monoisotopic (exact) mass is 426 g/mol. The van der Waals surface area contributed by atoms with E-state index >= 15 is 0 Å². The maximum absolute atomic E-state index is 12.9. The molecule has 30 heavy (non-hydrogen) atoms. The van der Waals surface area contributed by atoms with Crippen molar-refractivity contribution in [2.24, 2.45) is 0 Å². The quantitative estimate of drug-likeness (QED) is 0.419. The summed E-state index contributed by atoms with van der Waals surface area (Å²) in [6.45, 7) is 0.499. The molecule has 0 radical (unpaired) electrons. The van der Waals surface area contributed by atoms with Gasteiger partial charge in [0, 0.05) is 12.2 Å². The average molecular weight is 426 g/mol. The number of amides is 1. The Morgan fingerprint density at radius 3 is 2.37 bits per heavy atom. The summed E-state index contributed by atoms with van der Waals surface area (Å²) in [5.41, 5.74) is 1.92. The van der Waals surface area contributed by atoms with Gasteiger partial charge in [-0.2, -0.15) is 0 Å². The Kier molecular flexibility index (Phi) is 7.34. The van der Waals surface area contributed by atoms with Gasteiger partial charge in [0.05, 0.1) is 18.4 Å². The maximum Gasteiger partial charge on any atom is 0.337 e. The predicted octanol–water partition coefficient (Wildman–Crippen LogP) is 3.75. The number of ether oxygens (including phenoxy) is 1. The SMILES string of the molecule is COC(=O)c1ccc(NC(=O)CSc2ccc(NCc3ccc(F)cc3)nn2)cc1. The summed E-state index contributed by atoms with van der Waals surface area (Å²) in [5, 5.41) is 14.6. The molecule has 1 aromatic heterocycles. The van der Waals surface area contributed by atoms with Gasteiger partial charge < -0.3 is 15.4 Å². The number of rotatable bonds is 8. The number of nitrogens with zero attached hydrogens (tertiary/aromatic N) is 2. The molecule has 0 unspecified atom stereocenters. The highest BCUT2D eigenvalue weighted by Crippen LogP contribution is 2.17. The fourth-order valence-electron chi connectivity index (χ4n) is 2.43. The van der Waals surface area contributed by atoms with Crippen molar-refractivity contribution in [3.05, 3.63) is 77.6 Å². The third-order valence-corrected chi connectivity index (χ3v) is 4.89.